The highest BCUT2D eigenvalue weighted by atomic mass is 32.1. The SMILES string of the molecule is COc1ccc(CNC(=O)c2csc(-c3ccsc3)n2)cc1OC. The van der Waals surface area contributed by atoms with Crippen molar-refractivity contribution in [1.82, 2.24) is 10.3 Å². The van der Waals surface area contributed by atoms with Crippen LogP contribution < -0.4 is 14.8 Å². The zero-order valence-electron chi connectivity index (χ0n) is 13.2. The van der Waals surface area contributed by atoms with E-state index in [1.54, 1.807) is 30.9 Å². The van der Waals surface area contributed by atoms with E-state index >= 15 is 0 Å². The number of ether oxygens (including phenoxy) is 2. The van der Waals surface area contributed by atoms with Gasteiger partial charge in [-0.25, -0.2) is 4.98 Å². The van der Waals surface area contributed by atoms with Gasteiger partial charge < -0.3 is 14.8 Å². The maximum atomic E-state index is 12.3. The van der Waals surface area contributed by atoms with Crippen LogP contribution in [0.5, 0.6) is 11.5 Å². The molecule has 1 aromatic carbocycles. The third-order valence-corrected chi connectivity index (χ3v) is 4.98. The first kappa shape index (κ1) is 16.5. The molecule has 2 aromatic heterocycles. The number of rotatable bonds is 6. The standard InChI is InChI=1S/C17H16N2O3S2/c1-21-14-4-3-11(7-15(14)22-2)8-18-16(20)13-10-24-17(19-13)12-5-6-23-9-12/h3-7,9-10H,8H2,1-2H3,(H,18,20). The normalized spacial score (nSPS) is 10.4. The molecule has 7 heteroatoms. The average Bonchev–Trinajstić information content (AvgIpc) is 3.30. The molecule has 0 bridgehead atoms. The van der Waals surface area contributed by atoms with E-state index in [9.17, 15) is 4.79 Å². The van der Waals surface area contributed by atoms with Crippen LogP contribution in [-0.2, 0) is 6.54 Å². The van der Waals surface area contributed by atoms with Gasteiger partial charge in [-0.1, -0.05) is 6.07 Å². The van der Waals surface area contributed by atoms with Crippen LogP contribution in [0.4, 0.5) is 0 Å². The van der Waals surface area contributed by atoms with Crippen molar-refractivity contribution in [2.45, 2.75) is 6.54 Å². The molecule has 1 amide bonds. The second-order valence-electron chi connectivity index (χ2n) is 4.92. The van der Waals surface area contributed by atoms with Crippen molar-refractivity contribution in [3.05, 3.63) is 51.7 Å². The topological polar surface area (TPSA) is 60.5 Å². The number of hydrogen-bond acceptors (Lipinski definition) is 6. The van der Waals surface area contributed by atoms with Crippen molar-refractivity contribution in [1.29, 1.82) is 0 Å². The lowest BCUT2D eigenvalue weighted by atomic mass is 10.2. The van der Waals surface area contributed by atoms with Gasteiger partial charge in [0.05, 0.1) is 14.2 Å². The van der Waals surface area contributed by atoms with Crippen molar-refractivity contribution in [3.8, 4) is 22.1 Å². The van der Waals surface area contributed by atoms with Crippen molar-refractivity contribution < 1.29 is 14.3 Å². The van der Waals surface area contributed by atoms with Gasteiger partial charge in [-0.05, 0) is 29.1 Å². The van der Waals surface area contributed by atoms with Crippen molar-refractivity contribution in [3.63, 3.8) is 0 Å². The highest BCUT2D eigenvalue weighted by Crippen LogP contribution is 2.28. The molecule has 0 saturated carbocycles. The Morgan fingerprint density at radius 2 is 2.00 bits per heavy atom. The minimum atomic E-state index is -0.192. The molecule has 0 aliphatic carbocycles. The molecule has 0 spiro atoms. The number of benzene rings is 1. The maximum absolute atomic E-state index is 12.3. The minimum Gasteiger partial charge on any atom is -0.493 e. The molecule has 5 nitrogen and oxygen atoms in total. The molecule has 0 saturated heterocycles. The van der Waals surface area contributed by atoms with E-state index < -0.39 is 0 Å². The number of carbonyl (C=O) groups excluding carboxylic acids is 1. The summed E-state index contributed by atoms with van der Waals surface area (Å²) in [6.45, 7) is 0.393. The molecular formula is C17H16N2O3S2. The summed E-state index contributed by atoms with van der Waals surface area (Å²) < 4.78 is 10.5. The van der Waals surface area contributed by atoms with E-state index in [1.165, 1.54) is 11.3 Å². The van der Waals surface area contributed by atoms with Gasteiger partial charge in [0, 0.05) is 22.9 Å². The van der Waals surface area contributed by atoms with Crippen LogP contribution in [0.15, 0.2) is 40.4 Å². The van der Waals surface area contributed by atoms with E-state index in [2.05, 4.69) is 10.3 Å². The molecule has 0 fully saturated rings. The number of thiophene rings is 1. The van der Waals surface area contributed by atoms with E-state index in [1.807, 2.05) is 35.0 Å². The van der Waals surface area contributed by atoms with Crippen LogP contribution in [0.1, 0.15) is 16.1 Å². The largest absolute Gasteiger partial charge is 0.493 e. The Kier molecular flexibility index (Phi) is 5.12. The van der Waals surface area contributed by atoms with E-state index in [-0.39, 0.29) is 5.91 Å². The fourth-order valence-corrected chi connectivity index (χ4v) is 3.67. The van der Waals surface area contributed by atoms with Gasteiger partial charge in [0.2, 0.25) is 0 Å². The summed E-state index contributed by atoms with van der Waals surface area (Å²) in [6, 6.07) is 7.54. The number of thiazole rings is 1. The predicted molar refractivity (Wildman–Crippen MR) is 96.1 cm³/mol. The molecular weight excluding hydrogens is 344 g/mol. The second-order valence-corrected chi connectivity index (χ2v) is 6.56. The first-order valence-corrected chi connectivity index (χ1v) is 9.00. The molecule has 2 heterocycles. The summed E-state index contributed by atoms with van der Waals surface area (Å²) in [7, 11) is 3.17. The highest BCUT2D eigenvalue weighted by molar-refractivity contribution is 7.14. The molecule has 1 N–H and O–H groups in total. The zero-order chi connectivity index (χ0) is 16.9. The average molecular weight is 360 g/mol. The fraction of sp³-hybridized carbons (Fsp3) is 0.176. The highest BCUT2D eigenvalue weighted by Gasteiger charge is 2.12. The molecule has 3 rings (SSSR count). The number of nitrogens with one attached hydrogen (secondary N) is 1. The Labute approximate surface area is 147 Å². The number of methoxy groups -OCH3 is 2. The van der Waals surface area contributed by atoms with Gasteiger partial charge in [0.1, 0.15) is 10.7 Å². The van der Waals surface area contributed by atoms with Gasteiger partial charge >= 0.3 is 0 Å². The molecule has 3 aromatic rings. The summed E-state index contributed by atoms with van der Waals surface area (Å²) in [4.78, 5) is 16.7. The number of amides is 1. The Hall–Kier alpha value is -2.38. The number of hydrogen-bond donors (Lipinski definition) is 1. The third-order valence-electron chi connectivity index (χ3n) is 3.41. The number of nitrogens with zero attached hydrogens (tertiary/aromatic N) is 1. The maximum Gasteiger partial charge on any atom is 0.271 e. The Balaban J connectivity index is 1.65. The van der Waals surface area contributed by atoms with Crippen LogP contribution in [0.2, 0.25) is 0 Å². The van der Waals surface area contributed by atoms with Gasteiger partial charge in [-0.2, -0.15) is 11.3 Å². The van der Waals surface area contributed by atoms with Crippen molar-refractivity contribution in [2.24, 2.45) is 0 Å². The minimum absolute atomic E-state index is 0.192. The molecule has 0 unspecified atom stereocenters. The fourth-order valence-electron chi connectivity index (χ4n) is 2.16. The summed E-state index contributed by atoms with van der Waals surface area (Å²) >= 11 is 3.08. The van der Waals surface area contributed by atoms with Crippen LogP contribution in [0, 0.1) is 0 Å². The van der Waals surface area contributed by atoms with E-state index in [4.69, 9.17) is 9.47 Å². The Morgan fingerprint density at radius 3 is 2.71 bits per heavy atom. The predicted octanol–water partition coefficient (Wildman–Crippen LogP) is 3.82. The van der Waals surface area contributed by atoms with Crippen LogP contribution in [0.3, 0.4) is 0 Å². The molecule has 124 valence electrons. The lowest BCUT2D eigenvalue weighted by Gasteiger charge is -2.10. The van der Waals surface area contributed by atoms with Crippen LogP contribution >= 0.6 is 22.7 Å². The molecule has 0 aliphatic rings. The van der Waals surface area contributed by atoms with Gasteiger partial charge in [-0.3, -0.25) is 4.79 Å². The summed E-state index contributed by atoms with van der Waals surface area (Å²) in [5, 5.41) is 9.51. The lowest BCUT2D eigenvalue weighted by molar-refractivity contribution is 0.0946. The molecule has 24 heavy (non-hydrogen) atoms. The smallest absolute Gasteiger partial charge is 0.271 e. The molecule has 0 atom stereocenters. The van der Waals surface area contributed by atoms with Crippen LogP contribution in [-0.4, -0.2) is 25.1 Å². The summed E-state index contributed by atoms with van der Waals surface area (Å²) in [5.74, 6) is 1.10. The lowest BCUT2D eigenvalue weighted by Crippen LogP contribution is -2.23. The second kappa shape index (κ2) is 7.46. The van der Waals surface area contributed by atoms with Crippen LogP contribution in [0.25, 0.3) is 10.6 Å². The van der Waals surface area contributed by atoms with E-state index in [0.29, 0.717) is 23.7 Å². The monoisotopic (exact) mass is 360 g/mol. The van der Waals surface area contributed by atoms with Gasteiger partial charge in [0.15, 0.2) is 11.5 Å². The van der Waals surface area contributed by atoms with Crippen molar-refractivity contribution in [2.75, 3.05) is 14.2 Å². The zero-order valence-corrected chi connectivity index (χ0v) is 14.9. The first-order valence-electron chi connectivity index (χ1n) is 7.18. The Bertz CT molecular complexity index is 828. The summed E-state index contributed by atoms with van der Waals surface area (Å²) in [5.41, 5.74) is 2.40. The molecule has 0 radical (unpaired) electrons. The summed E-state index contributed by atoms with van der Waals surface area (Å²) in [6.07, 6.45) is 0. The van der Waals surface area contributed by atoms with Gasteiger partial charge in [-0.15, -0.1) is 11.3 Å². The number of carbonyl (C=O) groups is 1. The first-order chi connectivity index (χ1) is 11.7. The van der Waals surface area contributed by atoms with Crippen molar-refractivity contribution >= 4 is 28.6 Å². The Morgan fingerprint density at radius 1 is 1.17 bits per heavy atom. The van der Waals surface area contributed by atoms with Gasteiger partial charge in [0.25, 0.3) is 5.91 Å². The third kappa shape index (κ3) is 3.58. The quantitative estimate of drug-likeness (QED) is 0.726. The number of aromatic nitrogens is 1. The van der Waals surface area contributed by atoms with E-state index in [0.717, 1.165) is 16.1 Å². The molecule has 0 aliphatic heterocycles.